The summed E-state index contributed by atoms with van der Waals surface area (Å²) >= 11 is 0. The first-order valence-corrected chi connectivity index (χ1v) is 6.97. The van der Waals surface area contributed by atoms with Crippen LogP contribution in [0.25, 0.3) is 0 Å². The first-order valence-electron chi connectivity index (χ1n) is 6.97. The zero-order valence-electron chi connectivity index (χ0n) is 11.5. The van der Waals surface area contributed by atoms with E-state index < -0.39 is 0 Å². The van der Waals surface area contributed by atoms with Gasteiger partial charge in [0, 0.05) is 13.2 Å². The van der Waals surface area contributed by atoms with Gasteiger partial charge in [-0.1, -0.05) is 34.1 Å². The molecule has 1 heterocycles. The molecule has 0 amide bonds. The van der Waals surface area contributed by atoms with E-state index in [-0.39, 0.29) is 0 Å². The highest BCUT2D eigenvalue weighted by atomic mass is 16.5. The van der Waals surface area contributed by atoms with Crippen molar-refractivity contribution >= 4 is 0 Å². The van der Waals surface area contributed by atoms with E-state index in [2.05, 4.69) is 33.0 Å². The number of nitrogens with one attached hydrogen (secondary N) is 1. The summed E-state index contributed by atoms with van der Waals surface area (Å²) in [5.41, 5.74) is 0. The Morgan fingerprint density at radius 3 is 2.69 bits per heavy atom. The van der Waals surface area contributed by atoms with Gasteiger partial charge in [0.25, 0.3) is 0 Å². The van der Waals surface area contributed by atoms with Gasteiger partial charge in [-0.3, -0.25) is 0 Å². The van der Waals surface area contributed by atoms with E-state index in [9.17, 15) is 0 Å². The van der Waals surface area contributed by atoms with Crippen LogP contribution in [-0.2, 0) is 4.74 Å². The molecule has 1 saturated heterocycles. The SMILES string of the molecule is CCC(C)CNCC1CCCOC1C(C)C. The lowest BCUT2D eigenvalue weighted by Gasteiger charge is -2.34. The van der Waals surface area contributed by atoms with Gasteiger partial charge in [-0.15, -0.1) is 0 Å². The standard InChI is InChI=1S/C14H29NO/c1-5-12(4)9-15-10-13-7-6-8-16-14(13)11(2)3/h11-15H,5-10H2,1-4H3. The number of hydrogen-bond acceptors (Lipinski definition) is 2. The van der Waals surface area contributed by atoms with E-state index in [1.165, 1.54) is 19.3 Å². The monoisotopic (exact) mass is 227 g/mol. The third kappa shape index (κ3) is 4.42. The van der Waals surface area contributed by atoms with E-state index >= 15 is 0 Å². The van der Waals surface area contributed by atoms with Crippen molar-refractivity contribution in [3.63, 3.8) is 0 Å². The average molecular weight is 227 g/mol. The predicted octanol–water partition coefficient (Wildman–Crippen LogP) is 3.07. The van der Waals surface area contributed by atoms with Crippen molar-refractivity contribution in [1.29, 1.82) is 0 Å². The van der Waals surface area contributed by atoms with E-state index in [0.717, 1.165) is 31.5 Å². The average Bonchev–Trinajstić information content (AvgIpc) is 2.29. The lowest BCUT2D eigenvalue weighted by molar-refractivity contribution is -0.0517. The minimum atomic E-state index is 0.471. The van der Waals surface area contributed by atoms with Crippen molar-refractivity contribution in [2.75, 3.05) is 19.7 Å². The normalized spacial score (nSPS) is 28.3. The zero-order valence-corrected chi connectivity index (χ0v) is 11.5. The Morgan fingerprint density at radius 1 is 1.31 bits per heavy atom. The molecule has 0 aromatic heterocycles. The van der Waals surface area contributed by atoms with Gasteiger partial charge in [0.05, 0.1) is 6.10 Å². The fraction of sp³-hybridized carbons (Fsp3) is 1.00. The zero-order chi connectivity index (χ0) is 12.0. The first kappa shape index (κ1) is 14.0. The molecule has 2 nitrogen and oxygen atoms in total. The molecule has 3 atom stereocenters. The van der Waals surface area contributed by atoms with Gasteiger partial charge in [-0.05, 0) is 37.1 Å². The van der Waals surface area contributed by atoms with Crippen molar-refractivity contribution < 1.29 is 4.74 Å². The van der Waals surface area contributed by atoms with Crippen LogP contribution in [0, 0.1) is 17.8 Å². The smallest absolute Gasteiger partial charge is 0.0638 e. The summed E-state index contributed by atoms with van der Waals surface area (Å²) < 4.78 is 5.90. The highest BCUT2D eigenvalue weighted by Gasteiger charge is 2.27. The maximum atomic E-state index is 5.90. The second-order valence-corrected chi connectivity index (χ2v) is 5.65. The summed E-state index contributed by atoms with van der Waals surface area (Å²) in [4.78, 5) is 0. The molecule has 3 unspecified atom stereocenters. The van der Waals surface area contributed by atoms with E-state index in [1.54, 1.807) is 0 Å². The molecule has 96 valence electrons. The summed E-state index contributed by atoms with van der Waals surface area (Å²) in [7, 11) is 0. The molecule has 0 radical (unpaired) electrons. The van der Waals surface area contributed by atoms with Crippen LogP contribution in [0.2, 0.25) is 0 Å². The molecule has 16 heavy (non-hydrogen) atoms. The maximum absolute atomic E-state index is 5.90. The Morgan fingerprint density at radius 2 is 2.06 bits per heavy atom. The Balaban J connectivity index is 2.27. The molecule has 0 bridgehead atoms. The highest BCUT2D eigenvalue weighted by molar-refractivity contribution is 4.79. The van der Waals surface area contributed by atoms with Gasteiger partial charge in [-0.2, -0.15) is 0 Å². The second kappa shape index (κ2) is 7.29. The van der Waals surface area contributed by atoms with Gasteiger partial charge in [0.1, 0.15) is 0 Å². The molecule has 0 aliphatic carbocycles. The van der Waals surface area contributed by atoms with Gasteiger partial charge in [0.2, 0.25) is 0 Å². The summed E-state index contributed by atoms with van der Waals surface area (Å²) in [5, 5.41) is 3.61. The van der Waals surface area contributed by atoms with Crippen molar-refractivity contribution in [3.8, 4) is 0 Å². The predicted molar refractivity (Wildman–Crippen MR) is 69.6 cm³/mol. The molecule has 1 rings (SSSR count). The molecule has 2 heteroatoms. The summed E-state index contributed by atoms with van der Waals surface area (Å²) in [6.07, 6.45) is 4.30. The molecule has 0 spiro atoms. The Labute approximate surface area is 101 Å². The van der Waals surface area contributed by atoms with E-state index in [0.29, 0.717) is 12.0 Å². The van der Waals surface area contributed by atoms with Gasteiger partial charge in [-0.25, -0.2) is 0 Å². The Kier molecular flexibility index (Phi) is 6.37. The van der Waals surface area contributed by atoms with Gasteiger partial charge >= 0.3 is 0 Å². The summed E-state index contributed by atoms with van der Waals surface area (Å²) in [6, 6.07) is 0. The number of hydrogen-bond donors (Lipinski definition) is 1. The number of rotatable bonds is 6. The van der Waals surface area contributed by atoms with Gasteiger partial charge in [0.15, 0.2) is 0 Å². The molecule has 1 aliphatic heterocycles. The molecule has 0 aromatic rings. The first-order chi connectivity index (χ1) is 7.65. The Bertz CT molecular complexity index is 182. The van der Waals surface area contributed by atoms with Crippen LogP contribution in [-0.4, -0.2) is 25.8 Å². The van der Waals surface area contributed by atoms with Crippen LogP contribution >= 0.6 is 0 Å². The van der Waals surface area contributed by atoms with Crippen molar-refractivity contribution in [1.82, 2.24) is 5.32 Å². The van der Waals surface area contributed by atoms with Crippen LogP contribution in [0.3, 0.4) is 0 Å². The molecule has 0 aromatic carbocycles. The Hall–Kier alpha value is -0.0800. The maximum Gasteiger partial charge on any atom is 0.0638 e. The molecule has 1 aliphatic rings. The minimum absolute atomic E-state index is 0.471. The molecule has 1 fully saturated rings. The number of ether oxygens (including phenoxy) is 1. The van der Waals surface area contributed by atoms with E-state index in [4.69, 9.17) is 4.74 Å². The van der Waals surface area contributed by atoms with Gasteiger partial charge < -0.3 is 10.1 Å². The van der Waals surface area contributed by atoms with Crippen molar-refractivity contribution in [3.05, 3.63) is 0 Å². The summed E-state index contributed by atoms with van der Waals surface area (Å²) in [6.45, 7) is 12.4. The molecular formula is C14H29NO. The minimum Gasteiger partial charge on any atom is -0.378 e. The molecule has 1 N–H and O–H groups in total. The topological polar surface area (TPSA) is 21.3 Å². The molecular weight excluding hydrogens is 198 g/mol. The third-order valence-corrected chi connectivity index (χ3v) is 3.75. The largest absolute Gasteiger partial charge is 0.378 e. The second-order valence-electron chi connectivity index (χ2n) is 5.65. The van der Waals surface area contributed by atoms with Crippen LogP contribution in [0.1, 0.15) is 47.0 Å². The van der Waals surface area contributed by atoms with Crippen molar-refractivity contribution in [2.45, 2.75) is 53.1 Å². The quantitative estimate of drug-likeness (QED) is 0.753. The lowest BCUT2D eigenvalue weighted by atomic mass is 9.87. The van der Waals surface area contributed by atoms with Crippen LogP contribution in [0.4, 0.5) is 0 Å². The summed E-state index contributed by atoms with van der Waals surface area (Å²) in [5.74, 6) is 2.16. The van der Waals surface area contributed by atoms with Crippen LogP contribution in [0.5, 0.6) is 0 Å². The van der Waals surface area contributed by atoms with Crippen molar-refractivity contribution in [2.24, 2.45) is 17.8 Å². The fourth-order valence-corrected chi connectivity index (χ4v) is 2.48. The third-order valence-electron chi connectivity index (χ3n) is 3.75. The highest BCUT2D eigenvalue weighted by Crippen LogP contribution is 2.25. The van der Waals surface area contributed by atoms with Crippen LogP contribution < -0.4 is 5.32 Å². The van der Waals surface area contributed by atoms with E-state index in [1.807, 2.05) is 0 Å². The van der Waals surface area contributed by atoms with Crippen LogP contribution in [0.15, 0.2) is 0 Å². The molecule has 0 saturated carbocycles. The lowest BCUT2D eigenvalue weighted by Crippen LogP contribution is -2.40. The fourth-order valence-electron chi connectivity index (χ4n) is 2.48.